The molecule has 88 valence electrons. The molecule has 0 aliphatic rings. The van der Waals surface area contributed by atoms with Crippen LogP contribution in [-0.2, 0) is 6.18 Å². The quantitative estimate of drug-likeness (QED) is 0.447. The molecule has 0 saturated carbocycles. The van der Waals surface area contributed by atoms with Crippen molar-refractivity contribution < 1.29 is 18.1 Å². The van der Waals surface area contributed by atoms with Crippen LogP contribution in [0.15, 0.2) is 0 Å². The van der Waals surface area contributed by atoms with Crippen molar-refractivity contribution >= 4 is 40.5 Å². The predicted molar refractivity (Wildman–Crippen MR) is 50.9 cm³/mol. The second kappa shape index (κ2) is 4.23. The maximum atomic E-state index is 12.3. The van der Waals surface area contributed by atoms with E-state index in [2.05, 4.69) is 4.98 Å². The molecule has 0 unspecified atom stereocenters. The highest BCUT2D eigenvalue weighted by Gasteiger charge is 2.40. The second-order valence-corrected chi connectivity index (χ2v) is 3.60. The third-order valence-corrected chi connectivity index (χ3v) is 2.55. The third-order valence-electron chi connectivity index (χ3n) is 1.47. The molecule has 0 N–H and O–H groups in total. The number of aromatic nitrogens is 1. The van der Waals surface area contributed by atoms with Crippen LogP contribution in [0.3, 0.4) is 0 Å². The zero-order valence-electron chi connectivity index (χ0n) is 6.98. The van der Waals surface area contributed by atoms with Crippen molar-refractivity contribution in [2.75, 3.05) is 0 Å². The lowest BCUT2D eigenvalue weighted by Crippen LogP contribution is -2.11. The van der Waals surface area contributed by atoms with Crippen molar-refractivity contribution in [1.82, 2.24) is 4.98 Å². The Bertz CT molecular complexity index is 463. The number of hydrogen-bond donors (Lipinski definition) is 0. The molecule has 0 saturated heterocycles. The molecule has 16 heavy (non-hydrogen) atoms. The fourth-order valence-electron chi connectivity index (χ4n) is 0.851. The average molecular weight is 295 g/mol. The molecule has 0 aliphatic heterocycles. The van der Waals surface area contributed by atoms with Gasteiger partial charge in [-0.3, -0.25) is 10.1 Å². The molecule has 1 aromatic heterocycles. The first-order valence-electron chi connectivity index (χ1n) is 3.42. The summed E-state index contributed by atoms with van der Waals surface area (Å²) in [5.41, 5.74) is -2.76. The Labute approximate surface area is 101 Å². The van der Waals surface area contributed by atoms with Gasteiger partial charge in [-0.15, -0.1) is 0 Å². The van der Waals surface area contributed by atoms with Gasteiger partial charge < -0.3 is 0 Å². The first kappa shape index (κ1) is 13.3. The summed E-state index contributed by atoms with van der Waals surface area (Å²) >= 11 is 15.8. The number of alkyl halides is 3. The standard InChI is InChI=1S/C6Cl3F3N2O2/c7-1-3(14(15)16)2(8)5(9)13-4(1)6(10,11)12. The molecule has 0 atom stereocenters. The average Bonchev–Trinajstić information content (AvgIpc) is 2.09. The second-order valence-electron chi connectivity index (χ2n) is 2.48. The van der Waals surface area contributed by atoms with Gasteiger partial charge in [-0.1, -0.05) is 34.8 Å². The normalized spacial score (nSPS) is 11.6. The minimum absolute atomic E-state index is 0.732. The Morgan fingerprint density at radius 1 is 1.19 bits per heavy atom. The van der Waals surface area contributed by atoms with E-state index in [0.717, 1.165) is 0 Å². The molecule has 0 bridgehead atoms. The molecule has 4 nitrogen and oxygen atoms in total. The van der Waals surface area contributed by atoms with Gasteiger partial charge in [-0.25, -0.2) is 4.98 Å². The molecule has 0 fully saturated rings. The van der Waals surface area contributed by atoms with Crippen molar-refractivity contribution in [1.29, 1.82) is 0 Å². The van der Waals surface area contributed by atoms with Gasteiger partial charge in [0.25, 0.3) is 0 Å². The van der Waals surface area contributed by atoms with E-state index in [4.69, 9.17) is 34.8 Å². The minimum atomic E-state index is -4.95. The van der Waals surface area contributed by atoms with Gasteiger partial charge in [0.15, 0.2) is 20.9 Å². The summed E-state index contributed by atoms with van der Waals surface area (Å²) < 4.78 is 37.0. The van der Waals surface area contributed by atoms with Crippen LogP contribution in [0.2, 0.25) is 15.2 Å². The highest BCUT2D eigenvalue weighted by Crippen LogP contribution is 2.43. The summed E-state index contributed by atoms with van der Waals surface area (Å²) in [6, 6.07) is 0. The lowest BCUT2D eigenvalue weighted by atomic mass is 10.3. The van der Waals surface area contributed by atoms with Crippen LogP contribution in [-0.4, -0.2) is 9.91 Å². The van der Waals surface area contributed by atoms with Crippen molar-refractivity contribution in [2.24, 2.45) is 0 Å². The summed E-state index contributed by atoms with van der Waals surface area (Å²) in [6.07, 6.45) is -4.95. The van der Waals surface area contributed by atoms with Gasteiger partial charge in [0, 0.05) is 0 Å². The molecule has 1 heterocycles. The fraction of sp³-hybridized carbons (Fsp3) is 0.167. The molecule has 0 aromatic carbocycles. The van der Waals surface area contributed by atoms with E-state index in [9.17, 15) is 23.3 Å². The van der Waals surface area contributed by atoms with Crippen LogP contribution in [0.1, 0.15) is 5.69 Å². The Hall–Kier alpha value is -0.790. The highest BCUT2D eigenvalue weighted by molar-refractivity contribution is 6.44. The van der Waals surface area contributed by atoms with E-state index in [1.165, 1.54) is 0 Å². The molecule has 0 spiro atoms. The van der Waals surface area contributed by atoms with Crippen LogP contribution in [0.25, 0.3) is 0 Å². The molecule has 1 rings (SSSR count). The monoisotopic (exact) mass is 294 g/mol. The number of nitro groups is 1. The zero-order chi connectivity index (χ0) is 12.7. The molecule has 0 aliphatic carbocycles. The zero-order valence-corrected chi connectivity index (χ0v) is 9.25. The number of halogens is 6. The van der Waals surface area contributed by atoms with E-state index < -0.39 is 37.7 Å². The maximum absolute atomic E-state index is 12.3. The van der Waals surface area contributed by atoms with Gasteiger partial charge in [0.1, 0.15) is 0 Å². The summed E-state index contributed by atoms with van der Waals surface area (Å²) in [5, 5.41) is 7.71. The number of pyridine rings is 1. The summed E-state index contributed by atoms with van der Waals surface area (Å²) in [5.74, 6) is 0. The molecular formula is C6Cl3F3N2O2. The fourth-order valence-corrected chi connectivity index (χ4v) is 1.59. The molecule has 1 aromatic rings. The van der Waals surface area contributed by atoms with E-state index in [1.807, 2.05) is 0 Å². The van der Waals surface area contributed by atoms with Crippen molar-refractivity contribution in [3.63, 3.8) is 0 Å². The van der Waals surface area contributed by atoms with Crippen molar-refractivity contribution in [2.45, 2.75) is 6.18 Å². The van der Waals surface area contributed by atoms with Crippen LogP contribution >= 0.6 is 34.8 Å². The topological polar surface area (TPSA) is 56.0 Å². The third kappa shape index (κ3) is 2.31. The van der Waals surface area contributed by atoms with Gasteiger partial charge in [0.05, 0.1) is 4.92 Å². The van der Waals surface area contributed by atoms with Crippen molar-refractivity contribution in [3.8, 4) is 0 Å². The lowest BCUT2D eigenvalue weighted by Gasteiger charge is -2.09. The first-order chi connectivity index (χ1) is 7.16. The highest BCUT2D eigenvalue weighted by atomic mass is 35.5. The predicted octanol–water partition coefficient (Wildman–Crippen LogP) is 3.97. The van der Waals surface area contributed by atoms with E-state index in [1.54, 1.807) is 0 Å². The number of nitrogens with zero attached hydrogens (tertiary/aromatic N) is 2. The SMILES string of the molecule is O=[N+]([O-])c1c(Cl)c(Cl)nc(C(F)(F)F)c1Cl. The van der Waals surface area contributed by atoms with E-state index in [0.29, 0.717) is 0 Å². The van der Waals surface area contributed by atoms with Gasteiger partial charge >= 0.3 is 11.9 Å². The van der Waals surface area contributed by atoms with Crippen LogP contribution in [0.4, 0.5) is 18.9 Å². The Balaban J connectivity index is 3.64. The maximum Gasteiger partial charge on any atom is 0.435 e. The van der Waals surface area contributed by atoms with Crippen LogP contribution < -0.4 is 0 Å². The molecule has 0 radical (unpaired) electrons. The summed E-state index contributed by atoms with van der Waals surface area (Å²) in [6.45, 7) is 0. The summed E-state index contributed by atoms with van der Waals surface area (Å²) in [7, 11) is 0. The van der Waals surface area contributed by atoms with Gasteiger partial charge in [-0.2, -0.15) is 13.2 Å². The Kier molecular flexibility index (Phi) is 3.51. The van der Waals surface area contributed by atoms with E-state index in [-0.39, 0.29) is 0 Å². The Morgan fingerprint density at radius 3 is 2.06 bits per heavy atom. The van der Waals surface area contributed by atoms with Crippen LogP contribution in [0.5, 0.6) is 0 Å². The number of rotatable bonds is 1. The molecular weight excluding hydrogens is 295 g/mol. The van der Waals surface area contributed by atoms with Gasteiger partial charge in [-0.05, 0) is 0 Å². The van der Waals surface area contributed by atoms with E-state index >= 15 is 0 Å². The first-order valence-corrected chi connectivity index (χ1v) is 4.55. The van der Waals surface area contributed by atoms with Gasteiger partial charge in [0.2, 0.25) is 0 Å². The Morgan fingerprint density at radius 2 is 1.69 bits per heavy atom. The largest absolute Gasteiger partial charge is 0.435 e. The summed E-state index contributed by atoms with van der Waals surface area (Å²) in [4.78, 5) is 12.2. The number of hydrogen-bond acceptors (Lipinski definition) is 3. The molecule has 0 amide bonds. The lowest BCUT2D eigenvalue weighted by molar-refractivity contribution is -0.384. The van der Waals surface area contributed by atoms with Crippen molar-refractivity contribution in [3.05, 3.63) is 31.0 Å². The molecule has 10 heteroatoms. The van der Waals surface area contributed by atoms with Crippen LogP contribution in [0, 0.1) is 10.1 Å². The smallest absolute Gasteiger partial charge is 0.258 e. The minimum Gasteiger partial charge on any atom is -0.258 e.